The van der Waals surface area contributed by atoms with Crippen molar-refractivity contribution in [2.24, 2.45) is 5.73 Å². The molecule has 0 aliphatic rings. The summed E-state index contributed by atoms with van der Waals surface area (Å²) in [4.78, 5) is 30.1. The summed E-state index contributed by atoms with van der Waals surface area (Å²) >= 11 is 0.842. The SMILES string of the molecule is CC(C(N)=O)N(c1ccc(F)cc1)c1nc(N)c(C(=O)c2ccc(C(F)(F)F)cc2)s1. The van der Waals surface area contributed by atoms with Gasteiger partial charge < -0.3 is 16.4 Å². The average Bonchev–Trinajstić information content (AvgIpc) is 3.09. The van der Waals surface area contributed by atoms with Crippen molar-refractivity contribution in [3.8, 4) is 0 Å². The maximum absolute atomic E-state index is 13.3. The number of primary amides is 1. The zero-order valence-electron chi connectivity index (χ0n) is 16.0. The Balaban J connectivity index is 1.99. The molecule has 1 amide bonds. The molecular formula is C20H16F4N4O2S. The number of benzene rings is 2. The summed E-state index contributed by atoms with van der Waals surface area (Å²) in [7, 11) is 0. The minimum atomic E-state index is -4.53. The average molecular weight is 452 g/mol. The first-order valence-corrected chi connectivity index (χ1v) is 9.63. The van der Waals surface area contributed by atoms with Crippen LogP contribution < -0.4 is 16.4 Å². The molecule has 1 unspecified atom stereocenters. The molecule has 0 bridgehead atoms. The predicted molar refractivity (Wildman–Crippen MR) is 109 cm³/mol. The van der Waals surface area contributed by atoms with E-state index in [1.54, 1.807) is 0 Å². The van der Waals surface area contributed by atoms with Crippen molar-refractivity contribution in [3.05, 3.63) is 70.4 Å². The first kappa shape index (κ1) is 22.2. The Kier molecular flexibility index (Phi) is 5.98. The standard InChI is InChI=1S/C20H16F4N4O2S/c1-10(18(26)30)28(14-8-6-13(21)7-9-14)19-27-17(25)16(31-19)15(29)11-2-4-12(5-3-11)20(22,23)24/h2-10H,25H2,1H3,(H2,26,30). The van der Waals surface area contributed by atoms with Crippen LogP contribution in [0.3, 0.4) is 0 Å². The van der Waals surface area contributed by atoms with Crippen LogP contribution in [0.1, 0.15) is 27.7 Å². The minimum absolute atomic E-state index is 0.00816. The third kappa shape index (κ3) is 4.66. The van der Waals surface area contributed by atoms with Crippen LogP contribution in [0.5, 0.6) is 0 Å². The van der Waals surface area contributed by atoms with E-state index >= 15 is 0 Å². The lowest BCUT2D eigenvalue weighted by Crippen LogP contribution is -2.39. The summed E-state index contributed by atoms with van der Waals surface area (Å²) in [5, 5.41) is 0.144. The van der Waals surface area contributed by atoms with Crippen LogP contribution in [0.25, 0.3) is 0 Å². The third-order valence-corrected chi connectivity index (χ3v) is 5.50. The number of hydrogen-bond donors (Lipinski definition) is 2. The highest BCUT2D eigenvalue weighted by atomic mass is 32.1. The molecule has 1 aromatic heterocycles. The molecule has 6 nitrogen and oxygen atoms in total. The van der Waals surface area contributed by atoms with E-state index in [0.29, 0.717) is 5.69 Å². The van der Waals surface area contributed by atoms with Crippen molar-refractivity contribution in [3.63, 3.8) is 0 Å². The van der Waals surface area contributed by atoms with E-state index < -0.39 is 35.3 Å². The highest BCUT2D eigenvalue weighted by molar-refractivity contribution is 7.18. The van der Waals surface area contributed by atoms with E-state index in [2.05, 4.69) is 4.98 Å². The van der Waals surface area contributed by atoms with Gasteiger partial charge in [0.2, 0.25) is 11.7 Å². The second-order valence-electron chi connectivity index (χ2n) is 6.54. The summed E-state index contributed by atoms with van der Waals surface area (Å²) in [5.74, 6) is -1.98. The van der Waals surface area contributed by atoms with Gasteiger partial charge in [0.15, 0.2) is 5.13 Å². The summed E-state index contributed by atoms with van der Waals surface area (Å²) in [6.07, 6.45) is -4.53. The first-order valence-electron chi connectivity index (χ1n) is 8.81. The molecule has 1 atom stereocenters. The molecule has 4 N–H and O–H groups in total. The molecule has 3 aromatic rings. The zero-order chi connectivity index (χ0) is 22.9. The number of thiazole rings is 1. The number of anilines is 3. The second kappa shape index (κ2) is 8.34. The summed E-state index contributed by atoms with van der Waals surface area (Å²) in [6.45, 7) is 1.50. The van der Waals surface area contributed by atoms with E-state index in [1.807, 2.05) is 0 Å². The van der Waals surface area contributed by atoms with Crippen LogP contribution in [0.4, 0.5) is 34.2 Å². The van der Waals surface area contributed by atoms with Gasteiger partial charge in [0.1, 0.15) is 22.6 Å². The number of nitrogen functional groups attached to an aromatic ring is 1. The van der Waals surface area contributed by atoms with E-state index in [-0.39, 0.29) is 21.4 Å². The fraction of sp³-hybridized carbons (Fsp3) is 0.150. The lowest BCUT2D eigenvalue weighted by Gasteiger charge is -2.26. The van der Waals surface area contributed by atoms with Gasteiger partial charge in [-0.2, -0.15) is 13.2 Å². The van der Waals surface area contributed by atoms with Crippen LogP contribution >= 0.6 is 11.3 Å². The van der Waals surface area contributed by atoms with Crippen LogP contribution in [-0.4, -0.2) is 22.7 Å². The third-order valence-electron chi connectivity index (χ3n) is 4.43. The fourth-order valence-corrected chi connectivity index (χ4v) is 3.81. The number of aromatic nitrogens is 1. The topological polar surface area (TPSA) is 102 Å². The number of nitrogens with zero attached hydrogens (tertiary/aromatic N) is 2. The van der Waals surface area contributed by atoms with Crippen LogP contribution in [0, 0.1) is 5.82 Å². The summed E-state index contributed by atoms with van der Waals surface area (Å²) in [5.41, 5.74) is 10.8. The predicted octanol–water partition coefficient (Wildman–Crippen LogP) is 4.13. The smallest absolute Gasteiger partial charge is 0.382 e. The monoisotopic (exact) mass is 452 g/mol. The van der Waals surface area contributed by atoms with Gasteiger partial charge in [-0.1, -0.05) is 23.5 Å². The Morgan fingerprint density at radius 2 is 1.65 bits per heavy atom. The molecule has 0 fully saturated rings. The van der Waals surface area contributed by atoms with Crippen LogP contribution in [0.15, 0.2) is 48.5 Å². The van der Waals surface area contributed by atoms with E-state index in [9.17, 15) is 27.2 Å². The van der Waals surface area contributed by atoms with Crippen molar-refractivity contribution in [1.29, 1.82) is 0 Å². The van der Waals surface area contributed by atoms with Gasteiger partial charge in [-0.05, 0) is 43.3 Å². The van der Waals surface area contributed by atoms with Crippen molar-refractivity contribution in [2.75, 3.05) is 10.6 Å². The molecule has 2 aromatic carbocycles. The van der Waals surface area contributed by atoms with Gasteiger partial charge in [-0.25, -0.2) is 9.37 Å². The lowest BCUT2D eigenvalue weighted by molar-refractivity contribution is -0.137. The maximum Gasteiger partial charge on any atom is 0.416 e. The quantitative estimate of drug-likeness (QED) is 0.433. The van der Waals surface area contributed by atoms with E-state index in [4.69, 9.17) is 11.5 Å². The Bertz CT molecular complexity index is 1110. The van der Waals surface area contributed by atoms with Crippen LogP contribution in [0.2, 0.25) is 0 Å². The Labute approximate surface area is 178 Å². The first-order chi connectivity index (χ1) is 14.5. The number of amides is 1. The van der Waals surface area contributed by atoms with E-state index in [1.165, 1.54) is 36.1 Å². The zero-order valence-corrected chi connectivity index (χ0v) is 16.8. The molecule has 0 saturated heterocycles. The largest absolute Gasteiger partial charge is 0.416 e. The number of nitrogens with two attached hydrogens (primary N) is 2. The van der Waals surface area contributed by atoms with Crippen molar-refractivity contribution < 1.29 is 27.2 Å². The normalized spacial score (nSPS) is 12.4. The van der Waals surface area contributed by atoms with Crippen molar-refractivity contribution in [2.45, 2.75) is 19.1 Å². The van der Waals surface area contributed by atoms with Gasteiger partial charge in [0.05, 0.1) is 5.56 Å². The second-order valence-corrected chi connectivity index (χ2v) is 7.52. The number of rotatable bonds is 6. The van der Waals surface area contributed by atoms with Gasteiger partial charge in [-0.3, -0.25) is 9.59 Å². The molecule has 0 aliphatic carbocycles. The number of halogens is 4. The minimum Gasteiger partial charge on any atom is -0.382 e. The van der Waals surface area contributed by atoms with Crippen LogP contribution in [-0.2, 0) is 11.0 Å². The van der Waals surface area contributed by atoms with Gasteiger partial charge >= 0.3 is 6.18 Å². The molecule has 3 rings (SSSR count). The molecule has 162 valence electrons. The molecule has 1 heterocycles. The van der Waals surface area contributed by atoms with Crippen molar-refractivity contribution >= 4 is 39.7 Å². The molecule has 11 heteroatoms. The summed E-state index contributed by atoms with van der Waals surface area (Å²) in [6, 6.07) is 7.96. The Morgan fingerprint density at radius 1 is 1.06 bits per heavy atom. The van der Waals surface area contributed by atoms with Gasteiger partial charge in [-0.15, -0.1) is 0 Å². The Hall–Kier alpha value is -3.47. The number of alkyl halides is 3. The fourth-order valence-electron chi connectivity index (χ4n) is 2.76. The molecule has 0 spiro atoms. The molecule has 0 radical (unpaired) electrons. The molecule has 31 heavy (non-hydrogen) atoms. The summed E-state index contributed by atoms with van der Waals surface area (Å²) < 4.78 is 51.6. The molecule has 0 aliphatic heterocycles. The van der Waals surface area contributed by atoms with E-state index in [0.717, 1.165) is 35.6 Å². The van der Waals surface area contributed by atoms with Gasteiger partial charge in [0.25, 0.3) is 0 Å². The number of carbonyl (C=O) groups excluding carboxylic acids is 2. The number of hydrogen-bond acceptors (Lipinski definition) is 6. The molecule has 0 saturated carbocycles. The Morgan fingerprint density at radius 3 is 2.16 bits per heavy atom. The highest BCUT2D eigenvalue weighted by Gasteiger charge is 2.31. The maximum atomic E-state index is 13.3. The van der Waals surface area contributed by atoms with Gasteiger partial charge in [0, 0.05) is 11.3 Å². The lowest BCUT2D eigenvalue weighted by atomic mass is 10.1. The number of ketones is 1. The highest BCUT2D eigenvalue weighted by Crippen LogP contribution is 2.36. The van der Waals surface area contributed by atoms with Crippen molar-refractivity contribution in [1.82, 2.24) is 4.98 Å². The number of carbonyl (C=O) groups is 2. The molecular weight excluding hydrogens is 436 g/mol.